The number of aromatic amines is 1. The molecule has 2 unspecified atom stereocenters. The van der Waals surface area contributed by atoms with Crippen LogP contribution < -0.4 is 4.90 Å². The summed E-state index contributed by atoms with van der Waals surface area (Å²) in [6.07, 6.45) is 0. The molecule has 1 fully saturated rings. The number of alkyl halides is 1. The number of phenolic OH excluding ortho intramolecular Hbond substituents is 1. The molecule has 0 spiro atoms. The van der Waals surface area contributed by atoms with Crippen molar-refractivity contribution < 1.29 is 9.90 Å². The fraction of sp³-hybridized carbons (Fsp3) is 0.0714. The van der Waals surface area contributed by atoms with Crippen LogP contribution in [0.4, 0.5) is 5.82 Å². The van der Waals surface area contributed by atoms with Gasteiger partial charge in [0.2, 0.25) is 5.91 Å². The van der Waals surface area contributed by atoms with E-state index in [4.69, 9.17) is 16.6 Å². The second kappa shape index (κ2) is 8.52. The number of pyridine rings is 1. The third-order valence-electron chi connectivity index (χ3n) is 6.32. The van der Waals surface area contributed by atoms with Crippen molar-refractivity contribution in [2.75, 3.05) is 4.90 Å². The Morgan fingerprint density at radius 3 is 2.42 bits per heavy atom. The van der Waals surface area contributed by atoms with E-state index in [0.29, 0.717) is 22.6 Å². The van der Waals surface area contributed by atoms with Gasteiger partial charge in [0, 0.05) is 5.56 Å². The molecule has 2 aromatic heterocycles. The number of nitrogens with zero attached hydrogens (tertiary/aromatic N) is 4. The zero-order valence-corrected chi connectivity index (χ0v) is 19.5. The number of carbonyl (C=O) groups excluding carboxylic acids is 1. The van der Waals surface area contributed by atoms with Crippen LogP contribution in [0.1, 0.15) is 17.2 Å². The molecule has 6 rings (SSSR count). The minimum Gasteiger partial charge on any atom is -0.508 e. The summed E-state index contributed by atoms with van der Waals surface area (Å²) in [6, 6.07) is 27.1. The first-order chi connectivity index (χ1) is 17.5. The Kier molecular flexibility index (Phi) is 5.17. The van der Waals surface area contributed by atoms with Gasteiger partial charge in [-0.2, -0.15) is 5.26 Å². The number of fused-ring (bicyclic) bond motifs is 1. The van der Waals surface area contributed by atoms with Crippen LogP contribution in [0.3, 0.4) is 0 Å². The van der Waals surface area contributed by atoms with Gasteiger partial charge in [0.05, 0.1) is 17.1 Å². The number of amides is 1. The van der Waals surface area contributed by atoms with E-state index in [2.05, 4.69) is 16.0 Å². The Labute approximate surface area is 211 Å². The van der Waals surface area contributed by atoms with Crippen molar-refractivity contribution in [2.45, 2.75) is 11.4 Å². The molecule has 5 aromatic rings. The van der Waals surface area contributed by atoms with Crippen molar-refractivity contribution in [3.05, 3.63) is 96.1 Å². The number of para-hydroxylation sites is 2. The third kappa shape index (κ3) is 3.47. The number of aromatic nitrogens is 3. The summed E-state index contributed by atoms with van der Waals surface area (Å²) in [5, 5.41) is 19.3. The first-order valence-corrected chi connectivity index (χ1v) is 11.7. The van der Waals surface area contributed by atoms with Gasteiger partial charge in [-0.05, 0) is 41.5 Å². The summed E-state index contributed by atoms with van der Waals surface area (Å²) in [5.74, 6) is 0.506. The Bertz CT molecular complexity index is 1620. The minimum atomic E-state index is -0.771. The summed E-state index contributed by atoms with van der Waals surface area (Å²) >= 11 is 6.48. The smallest absolute Gasteiger partial charge is 0.249 e. The minimum absolute atomic E-state index is 0.107. The van der Waals surface area contributed by atoms with Crippen molar-refractivity contribution in [1.82, 2.24) is 15.0 Å². The number of nitriles is 1. The van der Waals surface area contributed by atoms with Crippen molar-refractivity contribution in [3.8, 4) is 34.5 Å². The van der Waals surface area contributed by atoms with E-state index in [-0.39, 0.29) is 23.0 Å². The van der Waals surface area contributed by atoms with Gasteiger partial charge in [-0.3, -0.25) is 9.69 Å². The van der Waals surface area contributed by atoms with Crippen LogP contribution in [0, 0.1) is 11.3 Å². The predicted molar refractivity (Wildman–Crippen MR) is 137 cm³/mol. The number of hydrogen-bond acceptors (Lipinski definition) is 5. The van der Waals surface area contributed by atoms with Gasteiger partial charge >= 0.3 is 0 Å². The Morgan fingerprint density at radius 2 is 1.69 bits per heavy atom. The molecule has 1 aliphatic rings. The summed E-state index contributed by atoms with van der Waals surface area (Å²) in [4.78, 5) is 27.3. The van der Waals surface area contributed by atoms with Gasteiger partial charge in [0.15, 0.2) is 11.6 Å². The molecule has 174 valence electrons. The molecule has 1 amide bonds. The number of hydrogen-bond donors (Lipinski definition) is 2. The molecule has 36 heavy (non-hydrogen) atoms. The molecule has 2 atom stereocenters. The number of rotatable bonds is 4. The zero-order valence-electron chi connectivity index (χ0n) is 18.8. The Balaban J connectivity index is 1.59. The number of aromatic hydroxyl groups is 1. The highest BCUT2D eigenvalue weighted by molar-refractivity contribution is 6.37. The highest BCUT2D eigenvalue weighted by Crippen LogP contribution is 2.45. The van der Waals surface area contributed by atoms with E-state index in [1.165, 1.54) is 4.90 Å². The van der Waals surface area contributed by atoms with E-state index in [1.54, 1.807) is 30.3 Å². The second-order valence-electron chi connectivity index (χ2n) is 8.48. The fourth-order valence-corrected chi connectivity index (χ4v) is 4.90. The third-order valence-corrected chi connectivity index (χ3v) is 6.75. The molecule has 1 aliphatic heterocycles. The fourth-order valence-electron chi connectivity index (χ4n) is 4.54. The summed E-state index contributed by atoms with van der Waals surface area (Å²) in [6.45, 7) is 0. The number of β-lactam (4-membered cyclic amide) rings is 1. The lowest BCUT2D eigenvalue weighted by Crippen LogP contribution is -2.57. The van der Waals surface area contributed by atoms with Gasteiger partial charge < -0.3 is 10.1 Å². The monoisotopic (exact) mass is 491 g/mol. The molecule has 7 nitrogen and oxygen atoms in total. The number of nitrogens with one attached hydrogen (secondary N) is 1. The molecule has 3 heterocycles. The summed E-state index contributed by atoms with van der Waals surface area (Å²) < 4.78 is 0. The van der Waals surface area contributed by atoms with Gasteiger partial charge in [-0.1, -0.05) is 54.6 Å². The molecule has 3 aromatic carbocycles. The van der Waals surface area contributed by atoms with Crippen molar-refractivity contribution >= 4 is 34.4 Å². The van der Waals surface area contributed by atoms with Crippen molar-refractivity contribution in [3.63, 3.8) is 0 Å². The average molecular weight is 492 g/mol. The second-order valence-corrected chi connectivity index (χ2v) is 8.95. The Hall–Kier alpha value is -4.67. The number of H-pyrrole nitrogens is 1. The van der Waals surface area contributed by atoms with E-state index >= 15 is 0 Å². The van der Waals surface area contributed by atoms with Crippen molar-refractivity contribution in [1.29, 1.82) is 5.26 Å². The highest BCUT2D eigenvalue weighted by Gasteiger charge is 2.49. The first kappa shape index (κ1) is 21.8. The quantitative estimate of drug-likeness (QED) is 0.253. The SMILES string of the molecule is N#Cc1c(-c2ccc(O)cc2)cc(-c2nc3ccccc3[nH]2)nc1N1C(=O)C(Cl)C1c1ccccc1. The zero-order chi connectivity index (χ0) is 24.8. The molecular formula is C28H18ClN5O2. The van der Waals surface area contributed by atoms with Crippen LogP contribution in [0.2, 0.25) is 0 Å². The van der Waals surface area contributed by atoms with Crippen LogP contribution in [-0.4, -0.2) is 31.3 Å². The van der Waals surface area contributed by atoms with E-state index in [1.807, 2.05) is 54.6 Å². The topological polar surface area (TPSA) is 106 Å². The first-order valence-electron chi connectivity index (χ1n) is 11.3. The lowest BCUT2D eigenvalue weighted by Gasteiger charge is -2.44. The molecule has 1 saturated heterocycles. The van der Waals surface area contributed by atoms with Crippen LogP contribution >= 0.6 is 11.6 Å². The normalized spacial score (nSPS) is 17.1. The van der Waals surface area contributed by atoms with E-state index < -0.39 is 11.4 Å². The lowest BCUT2D eigenvalue weighted by molar-refractivity contribution is -0.123. The molecule has 8 heteroatoms. The maximum atomic E-state index is 13.1. The number of phenols is 1. The Morgan fingerprint density at radius 1 is 0.972 bits per heavy atom. The molecular weight excluding hydrogens is 474 g/mol. The molecule has 0 saturated carbocycles. The standard InChI is InChI=1S/C28H18ClN5O2/c29-24-25(17-6-2-1-3-7-17)34(28(24)36)27-20(15-30)19(16-10-12-18(35)13-11-16)14-23(33-27)26-31-21-8-4-5-9-22(21)32-26/h1-14,24-25,35H,(H,31,32). The molecule has 0 aliphatic carbocycles. The van der Waals surface area contributed by atoms with Gasteiger partial charge in [0.1, 0.15) is 28.5 Å². The summed E-state index contributed by atoms with van der Waals surface area (Å²) in [5.41, 5.74) is 4.43. The number of carbonyl (C=O) groups is 1. The van der Waals surface area contributed by atoms with Crippen molar-refractivity contribution in [2.24, 2.45) is 0 Å². The number of halogens is 1. The highest BCUT2D eigenvalue weighted by atomic mass is 35.5. The largest absolute Gasteiger partial charge is 0.508 e. The molecule has 0 bridgehead atoms. The van der Waals surface area contributed by atoms with Crippen LogP contribution in [0.25, 0.3) is 33.7 Å². The van der Waals surface area contributed by atoms with Gasteiger partial charge in [0.25, 0.3) is 0 Å². The van der Waals surface area contributed by atoms with E-state index in [9.17, 15) is 15.2 Å². The summed E-state index contributed by atoms with van der Waals surface area (Å²) in [7, 11) is 0. The van der Waals surface area contributed by atoms with E-state index in [0.717, 1.165) is 16.6 Å². The number of anilines is 1. The maximum absolute atomic E-state index is 13.1. The predicted octanol–water partition coefficient (Wildman–Crippen LogP) is 5.56. The lowest BCUT2D eigenvalue weighted by atomic mass is 9.91. The number of imidazole rings is 1. The molecule has 2 N–H and O–H groups in total. The van der Waals surface area contributed by atoms with Crippen LogP contribution in [-0.2, 0) is 4.79 Å². The van der Waals surface area contributed by atoms with Crippen LogP contribution in [0.15, 0.2) is 84.9 Å². The molecule has 0 radical (unpaired) electrons. The average Bonchev–Trinajstić information content (AvgIpc) is 3.36. The van der Waals surface area contributed by atoms with Gasteiger partial charge in [-0.25, -0.2) is 9.97 Å². The number of benzene rings is 3. The van der Waals surface area contributed by atoms with Crippen LogP contribution in [0.5, 0.6) is 5.75 Å². The maximum Gasteiger partial charge on any atom is 0.249 e. The van der Waals surface area contributed by atoms with Gasteiger partial charge in [-0.15, -0.1) is 11.6 Å².